The average Bonchev–Trinajstić information content (AvgIpc) is 3.25. The Morgan fingerprint density at radius 3 is 2.88 bits per heavy atom. The lowest BCUT2D eigenvalue weighted by Crippen LogP contribution is -2.35. The summed E-state index contributed by atoms with van der Waals surface area (Å²) in [6.45, 7) is 0. The number of hydrogen-bond donors (Lipinski definition) is 2. The fourth-order valence-corrected chi connectivity index (χ4v) is 3.16. The number of carbonyl (C=O) groups excluding carboxylic acids is 2. The monoisotopic (exact) mass is 391 g/mol. The lowest BCUT2D eigenvalue weighted by molar-refractivity contribution is -0.125. The van der Waals surface area contributed by atoms with E-state index in [-0.39, 0.29) is 18.3 Å². The molecule has 3 heterocycles. The van der Waals surface area contributed by atoms with Crippen molar-refractivity contribution in [2.45, 2.75) is 12.5 Å². The van der Waals surface area contributed by atoms with Gasteiger partial charge in [0.25, 0.3) is 0 Å². The molecule has 0 bridgehead atoms. The topological polar surface area (TPSA) is 102 Å². The van der Waals surface area contributed by atoms with Crippen LogP contribution in [0.25, 0.3) is 11.6 Å². The first kappa shape index (κ1) is 16.6. The molecule has 8 nitrogen and oxygen atoms in total. The standard InChI is InChI=1S/C16H11Cl2N5O3/c17-8-3-4-10(9(18)6-8)19-15(25)11-7-13(24)20-16-22-21-14(23(11)16)12-2-1-5-26-12/h1-6,11H,7H2,(H,19,25)(H,20,22,24). The highest BCUT2D eigenvalue weighted by Crippen LogP contribution is 2.32. The molecule has 2 N–H and O–H groups in total. The van der Waals surface area contributed by atoms with E-state index in [9.17, 15) is 9.59 Å². The van der Waals surface area contributed by atoms with Crippen molar-refractivity contribution in [3.05, 3.63) is 46.6 Å². The van der Waals surface area contributed by atoms with Crippen LogP contribution in [0.1, 0.15) is 12.5 Å². The van der Waals surface area contributed by atoms with Gasteiger partial charge in [0, 0.05) is 5.02 Å². The van der Waals surface area contributed by atoms with Crippen molar-refractivity contribution < 1.29 is 14.0 Å². The third kappa shape index (κ3) is 2.93. The van der Waals surface area contributed by atoms with Gasteiger partial charge >= 0.3 is 0 Å². The van der Waals surface area contributed by atoms with E-state index in [2.05, 4.69) is 20.8 Å². The minimum absolute atomic E-state index is 0.0736. The zero-order chi connectivity index (χ0) is 18.3. The lowest BCUT2D eigenvalue weighted by atomic mass is 10.1. The second kappa shape index (κ2) is 6.47. The quantitative estimate of drug-likeness (QED) is 0.712. The van der Waals surface area contributed by atoms with Crippen LogP contribution in [0.5, 0.6) is 0 Å². The molecule has 132 valence electrons. The first-order valence-corrected chi connectivity index (χ1v) is 8.33. The molecule has 0 saturated heterocycles. The number of aromatic nitrogens is 3. The lowest BCUT2D eigenvalue weighted by Gasteiger charge is -2.24. The van der Waals surface area contributed by atoms with E-state index in [0.717, 1.165) is 0 Å². The zero-order valence-corrected chi connectivity index (χ0v) is 14.6. The number of nitrogens with zero attached hydrogens (tertiary/aromatic N) is 3. The van der Waals surface area contributed by atoms with Gasteiger partial charge in [-0.2, -0.15) is 0 Å². The van der Waals surface area contributed by atoms with Gasteiger partial charge in [-0.1, -0.05) is 23.2 Å². The number of hydrogen-bond acceptors (Lipinski definition) is 5. The maximum Gasteiger partial charge on any atom is 0.248 e. The molecule has 1 unspecified atom stereocenters. The zero-order valence-electron chi connectivity index (χ0n) is 13.1. The van der Waals surface area contributed by atoms with Crippen molar-refractivity contribution in [3.63, 3.8) is 0 Å². The number of carbonyl (C=O) groups is 2. The van der Waals surface area contributed by atoms with Crippen molar-refractivity contribution in [2.75, 3.05) is 10.6 Å². The van der Waals surface area contributed by atoms with Crippen molar-refractivity contribution in [2.24, 2.45) is 0 Å². The fourth-order valence-electron chi connectivity index (χ4n) is 2.71. The molecule has 26 heavy (non-hydrogen) atoms. The smallest absolute Gasteiger partial charge is 0.248 e. The molecule has 1 atom stereocenters. The van der Waals surface area contributed by atoms with Crippen LogP contribution in [0.3, 0.4) is 0 Å². The molecule has 2 amide bonds. The average molecular weight is 392 g/mol. The highest BCUT2D eigenvalue weighted by Gasteiger charge is 2.35. The Morgan fingerprint density at radius 2 is 2.15 bits per heavy atom. The summed E-state index contributed by atoms with van der Waals surface area (Å²) < 4.78 is 6.87. The van der Waals surface area contributed by atoms with E-state index >= 15 is 0 Å². The van der Waals surface area contributed by atoms with E-state index < -0.39 is 11.9 Å². The van der Waals surface area contributed by atoms with Gasteiger partial charge in [0.05, 0.1) is 23.4 Å². The van der Waals surface area contributed by atoms with Crippen LogP contribution in [-0.2, 0) is 9.59 Å². The van der Waals surface area contributed by atoms with Gasteiger partial charge in [0.1, 0.15) is 6.04 Å². The summed E-state index contributed by atoms with van der Waals surface area (Å²) >= 11 is 12.0. The highest BCUT2D eigenvalue weighted by molar-refractivity contribution is 6.36. The summed E-state index contributed by atoms with van der Waals surface area (Å²) in [6, 6.07) is 7.24. The molecule has 0 aliphatic carbocycles. The first-order valence-electron chi connectivity index (χ1n) is 7.57. The Balaban J connectivity index is 1.70. The molecule has 0 radical (unpaired) electrons. The number of nitrogens with one attached hydrogen (secondary N) is 2. The molecular formula is C16H11Cl2N5O3. The molecule has 4 rings (SSSR count). The minimum Gasteiger partial charge on any atom is -0.461 e. The third-order valence-corrected chi connectivity index (χ3v) is 4.42. The molecule has 0 spiro atoms. The molecule has 0 fully saturated rings. The van der Waals surface area contributed by atoms with Crippen molar-refractivity contribution in [3.8, 4) is 11.6 Å². The van der Waals surface area contributed by atoms with Crippen molar-refractivity contribution >= 4 is 46.7 Å². The number of fused-ring (bicyclic) bond motifs is 1. The van der Waals surface area contributed by atoms with E-state index in [1.165, 1.54) is 16.9 Å². The molecule has 1 aromatic carbocycles. The minimum atomic E-state index is -0.861. The normalized spacial score (nSPS) is 16.1. The number of anilines is 2. The summed E-state index contributed by atoms with van der Waals surface area (Å²) in [4.78, 5) is 24.8. The van der Waals surface area contributed by atoms with Crippen LogP contribution < -0.4 is 10.6 Å². The summed E-state index contributed by atoms with van der Waals surface area (Å²) in [5, 5.41) is 14.0. The molecule has 3 aromatic rings. The SMILES string of the molecule is O=C1CC(C(=O)Nc2ccc(Cl)cc2Cl)n2c(nnc2-c2ccco2)N1. The van der Waals surface area contributed by atoms with Crippen molar-refractivity contribution in [1.29, 1.82) is 0 Å². The number of halogens is 2. The third-order valence-electron chi connectivity index (χ3n) is 3.87. The second-order valence-corrected chi connectivity index (χ2v) is 6.42. The number of amides is 2. The van der Waals surface area contributed by atoms with E-state index in [0.29, 0.717) is 27.3 Å². The Kier molecular flexibility index (Phi) is 4.14. The first-order chi connectivity index (χ1) is 12.5. The number of benzene rings is 1. The highest BCUT2D eigenvalue weighted by atomic mass is 35.5. The Morgan fingerprint density at radius 1 is 1.31 bits per heavy atom. The number of furan rings is 1. The summed E-state index contributed by atoms with van der Waals surface area (Å²) in [6.07, 6.45) is 1.41. The van der Waals surface area contributed by atoms with Gasteiger partial charge in [-0.05, 0) is 30.3 Å². The van der Waals surface area contributed by atoms with Crippen LogP contribution in [0.2, 0.25) is 10.0 Å². The van der Waals surface area contributed by atoms with Crippen LogP contribution in [0, 0.1) is 0 Å². The Bertz CT molecular complexity index is 999. The predicted molar refractivity (Wildman–Crippen MR) is 95.1 cm³/mol. The van der Waals surface area contributed by atoms with Crippen LogP contribution >= 0.6 is 23.2 Å². The predicted octanol–water partition coefficient (Wildman–Crippen LogP) is 3.37. The summed E-state index contributed by atoms with van der Waals surface area (Å²) in [7, 11) is 0. The van der Waals surface area contributed by atoms with Crippen molar-refractivity contribution in [1.82, 2.24) is 14.8 Å². The van der Waals surface area contributed by atoms with Crippen LogP contribution in [0.4, 0.5) is 11.6 Å². The van der Waals surface area contributed by atoms with E-state index in [1.54, 1.807) is 24.3 Å². The maximum absolute atomic E-state index is 12.8. The molecule has 2 aromatic heterocycles. The molecule has 0 saturated carbocycles. The van der Waals surface area contributed by atoms with Gasteiger partial charge in [0.15, 0.2) is 5.76 Å². The van der Waals surface area contributed by atoms with Gasteiger partial charge in [-0.3, -0.25) is 19.5 Å². The number of rotatable bonds is 3. The molecule has 1 aliphatic heterocycles. The largest absolute Gasteiger partial charge is 0.461 e. The van der Waals surface area contributed by atoms with E-state index in [1.807, 2.05) is 0 Å². The second-order valence-electron chi connectivity index (χ2n) is 5.58. The molecule has 1 aliphatic rings. The maximum atomic E-state index is 12.8. The Labute approximate surface area is 157 Å². The van der Waals surface area contributed by atoms with Gasteiger partial charge in [0.2, 0.25) is 23.6 Å². The van der Waals surface area contributed by atoms with Crippen LogP contribution in [0.15, 0.2) is 41.0 Å². The molecule has 10 heteroatoms. The fraction of sp³-hybridized carbons (Fsp3) is 0.125. The van der Waals surface area contributed by atoms with Crippen LogP contribution in [-0.4, -0.2) is 26.6 Å². The van der Waals surface area contributed by atoms with Gasteiger partial charge < -0.3 is 9.73 Å². The van der Waals surface area contributed by atoms with Gasteiger partial charge in [-0.25, -0.2) is 0 Å². The van der Waals surface area contributed by atoms with Gasteiger partial charge in [-0.15, -0.1) is 10.2 Å². The molecular weight excluding hydrogens is 381 g/mol. The summed E-state index contributed by atoms with van der Waals surface area (Å²) in [5.41, 5.74) is 0.390. The Hall–Kier alpha value is -2.84. The van der Waals surface area contributed by atoms with E-state index in [4.69, 9.17) is 27.6 Å². The summed E-state index contributed by atoms with van der Waals surface area (Å²) in [5.74, 6) is 0.181.